The van der Waals surface area contributed by atoms with E-state index in [2.05, 4.69) is 22.5 Å². The number of nitrogens with one attached hydrogen (secondary N) is 2. The molecule has 3 rings (SSSR count). The maximum atomic E-state index is 12.4. The Kier molecular flexibility index (Phi) is 4.81. The first-order valence-corrected chi connectivity index (χ1v) is 8.26. The van der Waals surface area contributed by atoms with Crippen molar-refractivity contribution < 1.29 is 14.3 Å². The van der Waals surface area contributed by atoms with Gasteiger partial charge in [-0.15, -0.1) is 0 Å². The highest BCUT2D eigenvalue weighted by molar-refractivity contribution is 5.98. The summed E-state index contributed by atoms with van der Waals surface area (Å²) in [5, 5.41) is 5.74. The van der Waals surface area contributed by atoms with Gasteiger partial charge in [-0.05, 0) is 50.6 Å². The van der Waals surface area contributed by atoms with Crippen molar-refractivity contribution in [2.24, 2.45) is 0 Å². The molecule has 1 unspecified atom stereocenters. The second kappa shape index (κ2) is 7.00. The van der Waals surface area contributed by atoms with E-state index in [1.54, 1.807) is 18.2 Å². The summed E-state index contributed by atoms with van der Waals surface area (Å²) in [5.41, 5.74) is 1.16. The van der Waals surface area contributed by atoms with Crippen LogP contribution in [0.25, 0.3) is 0 Å². The van der Waals surface area contributed by atoms with Crippen LogP contribution >= 0.6 is 0 Å². The Labute approximate surface area is 136 Å². The van der Waals surface area contributed by atoms with Crippen LogP contribution in [0.5, 0.6) is 5.75 Å². The molecule has 124 valence electrons. The van der Waals surface area contributed by atoms with E-state index in [9.17, 15) is 9.59 Å². The second-order valence-electron chi connectivity index (χ2n) is 6.06. The van der Waals surface area contributed by atoms with E-state index < -0.39 is 0 Å². The highest BCUT2D eigenvalue weighted by Gasteiger charge is 2.22. The molecular formula is C17H23N3O3. The summed E-state index contributed by atoms with van der Waals surface area (Å²) in [6.07, 6.45) is 3.52. The molecule has 0 radical (unpaired) electrons. The third-order valence-electron chi connectivity index (χ3n) is 4.50. The molecule has 6 heteroatoms. The average Bonchev–Trinajstić information content (AvgIpc) is 3.09. The van der Waals surface area contributed by atoms with E-state index in [4.69, 9.17) is 4.74 Å². The standard InChI is InChI=1S/C17H23N3O3/c1-2-13(20-7-3-4-8-20)10-18-17(22)12-5-6-14-15(9-12)23-11-16(21)19-14/h5-6,9,13H,2-4,7-8,10-11H2,1H3,(H,18,22)(H,19,21). The number of carbonyl (C=O) groups excluding carboxylic acids is 2. The molecule has 2 aliphatic rings. The first-order valence-electron chi connectivity index (χ1n) is 8.26. The van der Waals surface area contributed by atoms with Gasteiger partial charge < -0.3 is 15.4 Å². The zero-order chi connectivity index (χ0) is 16.2. The number of carbonyl (C=O) groups is 2. The number of anilines is 1. The van der Waals surface area contributed by atoms with Crippen molar-refractivity contribution in [3.8, 4) is 5.75 Å². The van der Waals surface area contributed by atoms with Crippen molar-refractivity contribution >= 4 is 17.5 Å². The van der Waals surface area contributed by atoms with Crippen molar-refractivity contribution in [2.75, 3.05) is 31.6 Å². The van der Waals surface area contributed by atoms with Crippen LogP contribution in [0.2, 0.25) is 0 Å². The maximum Gasteiger partial charge on any atom is 0.262 e. The van der Waals surface area contributed by atoms with Crippen LogP contribution < -0.4 is 15.4 Å². The molecule has 1 fully saturated rings. The second-order valence-corrected chi connectivity index (χ2v) is 6.06. The van der Waals surface area contributed by atoms with Crippen molar-refractivity contribution in [1.82, 2.24) is 10.2 Å². The van der Waals surface area contributed by atoms with Gasteiger partial charge in [-0.3, -0.25) is 14.5 Å². The van der Waals surface area contributed by atoms with Gasteiger partial charge in [0.15, 0.2) is 6.61 Å². The molecule has 23 heavy (non-hydrogen) atoms. The van der Waals surface area contributed by atoms with Gasteiger partial charge in [0.25, 0.3) is 11.8 Å². The Hall–Kier alpha value is -2.08. The van der Waals surface area contributed by atoms with E-state index in [1.165, 1.54) is 12.8 Å². The number of rotatable bonds is 5. The minimum atomic E-state index is -0.175. The fourth-order valence-corrected chi connectivity index (χ4v) is 3.17. The number of fused-ring (bicyclic) bond motifs is 1. The molecule has 2 aliphatic heterocycles. The zero-order valence-corrected chi connectivity index (χ0v) is 13.4. The minimum absolute atomic E-state index is 0.00899. The van der Waals surface area contributed by atoms with Gasteiger partial charge in [-0.25, -0.2) is 0 Å². The molecule has 0 saturated carbocycles. The molecule has 6 nitrogen and oxygen atoms in total. The van der Waals surface area contributed by atoms with E-state index in [-0.39, 0.29) is 18.4 Å². The molecule has 1 aromatic carbocycles. The lowest BCUT2D eigenvalue weighted by atomic mass is 10.1. The van der Waals surface area contributed by atoms with Crippen LogP contribution in [0.15, 0.2) is 18.2 Å². The van der Waals surface area contributed by atoms with Crippen molar-refractivity contribution in [1.29, 1.82) is 0 Å². The number of amides is 2. The number of nitrogens with zero attached hydrogens (tertiary/aromatic N) is 1. The lowest BCUT2D eigenvalue weighted by molar-refractivity contribution is -0.118. The van der Waals surface area contributed by atoms with Crippen LogP contribution in [-0.4, -0.2) is 49.0 Å². The third-order valence-corrected chi connectivity index (χ3v) is 4.50. The summed E-state index contributed by atoms with van der Waals surface area (Å²) in [6, 6.07) is 5.49. The summed E-state index contributed by atoms with van der Waals surface area (Å²) in [5.74, 6) is 0.265. The summed E-state index contributed by atoms with van der Waals surface area (Å²) in [4.78, 5) is 26.1. The van der Waals surface area contributed by atoms with Crippen LogP contribution in [0.4, 0.5) is 5.69 Å². The fraction of sp³-hybridized carbons (Fsp3) is 0.529. The number of hydrogen-bond donors (Lipinski definition) is 2. The number of hydrogen-bond acceptors (Lipinski definition) is 4. The van der Waals surface area contributed by atoms with Crippen LogP contribution in [0, 0.1) is 0 Å². The van der Waals surface area contributed by atoms with Gasteiger partial charge in [0.1, 0.15) is 5.75 Å². The van der Waals surface area contributed by atoms with E-state index in [0.717, 1.165) is 19.5 Å². The largest absolute Gasteiger partial charge is 0.482 e. The van der Waals surface area contributed by atoms with Gasteiger partial charge in [0.05, 0.1) is 5.69 Å². The van der Waals surface area contributed by atoms with Gasteiger partial charge >= 0.3 is 0 Å². The van der Waals surface area contributed by atoms with E-state index in [0.29, 0.717) is 29.6 Å². The molecule has 0 bridgehead atoms. The molecule has 0 aliphatic carbocycles. The third kappa shape index (κ3) is 3.64. The molecule has 1 aromatic rings. The van der Waals surface area contributed by atoms with Crippen LogP contribution in [-0.2, 0) is 4.79 Å². The Balaban J connectivity index is 1.60. The molecule has 2 N–H and O–H groups in total. The first kappa shape index (κ1) is 15.8. The molecular weight excluding hydrogens is 294 g/mol. The Morgan fingerprint density at radius 3 is 2.91 bits per heavy atom. The molecule has 2 amide bonds. The average molecular weight is 317 g/mol. The van der Waals surface area contributed by atoms with E-state index in [1.807, 2.05) is 0 Å². The molecule has 2 heterocycles. The fourth-order valence-electron chi connectivity index (χ4n) is 3.17. The predicted molar refractivity (Wildman–Crippen MR) is 87.8 cm³/mol. The highest BCUT2D eigenvalue weighted by atomic mass is 16.5. The van der Waals surface area contributed by atoms with Crippen molar-refractivity contribution in [3.05, 3.63) is 23.8 Å². The first-order chi connectivity index (χ1) is 11.2. The quantitative estimate of drug-likeness (QED) is 0.866. The molecule has 1 saturated heterocycles. The SMILES string of the molecule is CCC(CNC(=O)c1ccc2c(c1)OCC(=O)N2)N1CCCC1. The Morgan fingerprint density at radius 1 is 1.39 bits per heavy atom. The summed E-state index contributed by atoms with van der Waals surface area (Å²) >= 11 is 0. The molecule has 1 atom stereocenters. The lowest BCUT2D eigenvalue weighted by Crippen LogP contribution is -2.42. The van der Waals surface area contributed by atoms with Gasteiger partial charge in [0.2, 0.25) is 0 Å². The lowest BCUT2D eigenvalue weighted by Gasteiger charge is -2.26. The highest BCUT2D eigenvalue weighted by Crippen LogP contribution is 2.28. The van der Waals surface area contributed by atoms with Gasteiger partial charge in [0, 0.05) is 18.2 Å². The van der Waals surface area contributed by atoms with Gasteiger partial charge in [-0.1, -0.05) is 6.92 Å². The van der Waals surface area contributed by atoms with Crippen LogP contribution in [0.3, 0.4) is 0 Å². The molecule has 0 spiro atoms. The maximum absolute atomic E-state index is 12.4. The van der Waals surface area contributed by atoms with Gasteiger partial charge in [-0.2, -0.15) is 0 Å². The minimum Gasteiger partial charge on any atom is -0.482 e. The Bertz CT molecular complexity index is 597. The summed E-state index contributed by atoms with van der Waals surface area (Å²) < 4.78 is 5.35. The number of likely N-dealkylation sites (tertiary alicyclic amines) is 1. The molecule has 0 aromatic heterocycles. The van der Waals surface area contributed by atoms with E-state index >= 15 is 0 Å². The van der Waals surface area contributed by atoms with Crippen molar-refractivity contribution in [3.63, 3.8) is 0 Å². The zero-order valence-electron chi connectivity index (χ0n) is 13.4. The summed E-state index contributed by atoms with van der Waals surface area (Å²) in [6.45, 7) is 5.06. The monoisotopic (exact) mass is 317 g/mol. The predicted octanol–water partition coefficient (Wildman–Crippen LogP) is 1.62. The number of ether oxygens (including phenoxy) is 1. The van der Waals surface area contributed by atoms with Crippen molar-refractivity contribution in [2.45, 2.75) is 32.2 Å². The topological polar surface area (TPSA) is 70.7 Å². The normalized spacial score (nSPS) is 18.7. The van der Waals surface area contributed by atoms with Crippen LogP contribution in [0.1, 0.15) is 36.5 Å². The Morgan fingerprint density at radius 2 is 2.17 bits per heavy atom. The number of benzene rings is 1. The smallest absolute Gasteiger partial charge is 0.262 e. The summed E-state index contributed by atoms with van der Waals surface area (Å²) in [7, 11) is 0.